The lowest BCUT2D eigenvalue weighted by molar-refractivity contribution is -0.143. The van der Waals surface area contributed by atoms with E-state index in [9.17, 15) is 9.59 Å². The second-order valence-corrected chi connectivity index (χ2v) is 3.71. The number of rotatable bonds is 7. The predicted molar refractivity (Wildman–Crippen MR) is 63.6 cm³/mol. The Balaban J connectivity index is 2.15. The van der Waals surface area contributed by atoms with Gasteiger partial charge in [-0.05, 0) is 25.8 Å². The number of aryl methyl sites for hydroxylation is 1. The summed E-state index contributed by atoms with van der Waals surface area (Å²) in [7, 11) is 0. The van der Waals surface area contributed by atoms with Crippen molar-refractivity contribution in [2.75, 3.05) is 6.61 Å². The third-order valence-corrected chi connectivity index (χ3v) is 2.37. The Bertz CT molecular complexity index is 401. The van der Waals surface area contributed by atoms with Crippen LogP contribution in [0.3, 0.4) is 0 Å². The van der Waals surface area contributed by atoms with E-state index < -0.39 is 0 Å². The fourth-order valence-electron chi connectivity index (χ4n) is 1.52. The van der Waals surface area contributed by atoms with Gasteiger partial charge in [-0.3, -0.25) is 9.36 Å². The van der Waals surface area contributed by atoms with E-state index in [4.69, 9.17) is 4.74 Å². The molecule has 0 fully saturated rings. The minimum Gasteiger partial charge on any atom is -0.466 e. The van der Waals surface area contributed by atoms with Crippen LogP contribution in [0.5, 0.6) is 0 Å². The van der Waals surface area contributed by atoms with Gasteiger partial charge in [0.25, 0.3) is 0 Å². The van der Waals surface area contributed by atoms with Gasteiger partial charge in [0.1, 0.15) is 0 Å². The molecule has 0 saturated carbocycles. The van der Waals surface area contributed by atoms with E-state index in [2.05, 4.69) is 4.98 Å². The zero-order valence-corrected chi connectivity index (χ0v) is 10.1. The first-order chi connectivity index (χ1) is 8.24. The topological polar surface area (TPSA) is 61.2 Å². The fourth-order valence-corrected chi connectivity index (χ4v) is 1.52. The number of carbonyl (C=O) groups excluding carboxylic acids is 1. The monoisotopic (exact) mass is 238 g/mol. The first kappa shape index (κ1) is 13.4. The molecule has 0 amide bonds. The van der Waals surface area contributed by atoms with Crippen LogP contribution in [0.4, 0.5) is 0 Å². The van der Waals surface area contributed by atoms with Gasteiger partial charge >= 0.3 is 11.7 Å². The molecule has 1 rings (SSSR count). The fraction of sp³-hybridized carbons (Fsp3) is 0.583. The summed E-state index contributed by atoms with van der Waals surface area (Å²) in [6.45, 7) is 2.88. The number of hydrogen-bond donors (Lipinski definition) is 0. The van der Waals surface area contributed by atoms with Crippen molar-refractivity contribution in [3.63, 3.8) is 0 Å². The van der Waals surface area contributed by atoms with Crippen molar-refractivity contribution >= 4 is 5.97 Å². The molecule has 5 heteroatoms. The van der Waals surface area contributed by atoms with E-state index in [1.165, 1.54) is 6.20 Å². The summed E-state index contributed by atoms with van der Waals surface area (Å²) in [5.74, 6) is -0.147. The van der Waals surface area contributed by atoms with Gasteiger partial charge in [0, 0.05) is 25.4 Å². The van der Waals surface area contributed by atoms with E-state index in [0.29, 0.717) is 19.6 Å². The summed E-state index contributed by atoms with van der Waals surface area (Å²) in [6.07, 6.45) is 6.23. The van der Waals surface area contributed by atoms with Gasteiger partial charge in [0.15, 0.2) is 0 Å². The summed E-state index contributed by atoms with van der Waals surface area (Å²) in [6, 6.07) is 1.74. The number of hydrogen-bond acceptors (Lipinski definition) is 4. The molecule has 0 aliphatic heterocycles. The van der Waals surface area contributed by atoms with Crippen molar-refractivity contribution in [1.29, 1.82) is 0 Å². The molecule has 1 heterocycles. The standard InChI is InChI=1S/C12H18N2O3/c1-2-17-11(15)7-4-3-5-9-14-10-6-8-13-12(14)16/h6,8,10H,2-5,7,9H2,1H3. The normalized spacial score (nSPS) is 10.2. The number of nitrogens with zero attached hydrogens (tertiary/aromatic N) is 2. The Morgan fingerprint density at radius 1 is 1.41 bits per heavy atom. The Kier molecular flexibility index (Phi) is 5.99. The minimum atomic E-state index is -0.224. The second-order valence-electron chi connectivity index (χ2n) is 3.71. The highest BCUT2D eigenvalue weighted by atomic mass is 16.5. The van der Waals surface area contributed by atoms with E-state index in [1.54, 1.807) is 23.8 Å². The highest BCUT2D eigenvalue weighted by molar-refractivity contribution is 5.69. The van der Waals surface area contributed by atoms with Gasteiger partial charge in [-0.15, -0.1) is 0 Å². The molecule has 0 saturated heterocycles. The Morgan fingerprint density at radius 3 is 2.94 bits per heavy atom. The van der Waals surface area contributed by atoms with Crippen molar-refractivity contribution in [3.8, 4) is 0 Å². The molecule has 0 aliphatic carbocycles. The van der Waals surface area contributed by atoms with E-state index in [1.807, 2.05) is 0 Å². The third kappa shape index (κ3) is 5.29. The quantitative estimate of drug-likeness (QED) is 0.531. The zero-order valence-electron chi connectivity index (χ0n) is 10.1. The molecule has 1 aromatic heterocycles. The lowest BCUT2D eigenvalue weighted by Crippen LogP contribution is -2.21. The maximum Gasteiger partial charge on any atom is 0.347 e. The van der Waals surface area contributed by atoms with E-state index >= 15 is 0 Å². The zero-order chi connectivity index (χ0) is 12.5. The highest BCUT2D eigenvalue weighted by Crippen LogP contribution is 2.02. The highest BCUT2D eigenvalue weighted by Gasteiger charge is 2.01. The van der Waals surface area contributed by atoms with Gasteiger partial charge < -0.3 is 4.74 Å². The van der Waals surface area contributed by atoms with Crippen LogP contribution in [-0.4, -0.2) is 22.1 Å². The van der Waals surface area contributed by atoms with Gasteiger partial charge in [-0.2, -0.15) is 0 Å². The number of ether oxygens (including phenoxy) is 1. The van der Waals surface area contributed by atoms with Crippen molar-refractivity contribution in [2.45, 2.75) is 39.2 Å². The largest absolute Gasteiger partial charge is 0.466 e. The molecule has 0 radical (unpaired) electrons. The molecule has 0 N–H and O–H groups in total. The third-order valence-electron chi connectivity index (χ3n) is 2.37. The summed E-state index contributed by atoms with van der Waals surface area (Å²) in [5, 5.41) is 0. The molecule has 0 aromatic carbocycles. The van der Waals surface area contributed by atoms with Crippen LogP contribution >= 0.6 is 0 Å². The number of esters is 1. The van der Waals surface area contributed by atoms with Crippen LogP contribution in [-0.2, 0) is 16.1 Å². The smallest absolute Gasteiger partial charge is 0.347 e. The maximum absolute atomic E-state index is 11.3. The van der Waals surface area contributed by atoms with Crippen molar-refractivity contribution < 1.29 is 9.53 Å². The number of aromatic nitrogens is 2. The number of carbonyl (C=O) groups is 1. The first-order valence-electron chi connectivity index (χ1n) is 5.91. The predicted octanol–water partition coefficient (Wildman–Crippen LogP) is 1.37. The molecule has 94 valence electrons. The van der Waals surface area contributed by atoms with Gasteiger partial charge in [-0.1, -0.05) is 6.42 Å². The van der Waals surface area contributed by atoms with Gasteiger partial charge in [0.2, 0.25) is 0 Å². The van der Waals surface area contributed by atoms with Crippen LogP contribution in [0.2, 0.25) is 0 Å². The summed E-state index contributed by atoms with van der Waals surface area (Å²) in [5.41, 5.74) is -0.224. The summed E-state index contributed by atoms with van der Waals surface area (Å²) < 4.78 is 6.40. The molecule has 17 heavy (non-hydrogen) atoms. The Labute approximate surface area is 100 Å². The first-order valence-corrected chi connectivity index (χ1v) is 5.91. The molecular formula is C12H18N2O3. The summed E-state index contributed by atoms with van der Waals surface area (Å²) >= 11 is 0. The SMILES string of the molecule is CCOC(=O)CCCCCn1cccnc1=O. The molecule has 0 bridgehead atoms. The van der Waals surface area contributed by atoms with Gasteiger partial charge in [0.05, 0.1) is 6.61 Å². The van der Waals surface area contributed by atoms with Crippen LogP contribution in [0.15, 0.2) is 23.3 Å². The molecule has 0 spiro atoms. The summed E-state index contributed by atoms with van der Waals surface area (Å²) in [4.78, 5) is 26.0. The molecule has 5 nitrogen and oxygen atoms in total. The van der Waals surface area contributed by atoms with Crippen LogP contribution in [0, 0.1) is 0 Å². The van der Waals surface area contributed by atoms with E-state index in [0.717, 1.165) is 19.3 Å². The molecule has 1 aromatic rings. The average Bonchev–Trinajstić information content (AvgIpc) is 2.31. The maximum atomic E-state index is 11.3. The molecule has 0 unspecified atom stereocenters. The van der Waals surface area contributed by atoms with Crippen molar-refractivity contribution in [3.05, 3.63) is 28.9 Å². The lowest BCUT2D eigenvalue weighted by atomic mass is 10.2. The average molecular weight is 238 g/mol. The van der Waals surface area contributed by atoms with E-state index in [-0.39, 0.29) is 11.7 Å². The Morgan fingerprint density at radius 2 is 2.24 bits per heavy atom. The van der Waals surface area contributed by atoms with Crippen molar-refractivity contribution in [1.82, 2.24) is 9.55 Å². The Hall–Kier alpha value is -1.65. The molecule has 0 atom stereocenters. The van der Waals surface area contributed by atoms with Crippen LogP contribution in [0.1, 0.15) is 32.6 Å². The molecular weight excluding hydrogens is 220 g/mol. The van der Waals surface area contributed by atoms with Crippen LogP contribution in [0.25, 0.3) is 0 Å². The lowest BCUT2D eigenvalue weighted by Gasteiger charge is -2.04. The number of unbranched alkanes of at least 4 members (excludes halogenated alkanes) is 2. The van der Waals surface area contributed by atoms with Gasteiger partial charge in [-0.25, -0.2) is 9.78 Å². The van der Waals surface area contributed by atoms with Crippen molar-refractivity contribution in [2.24, 2.45) is 0 Å². The minimum absolute atomic E-state index is 0.147. The molecule has 0 aliphatic rings. The second kappa shape index (κ2) is 7.60. The van der Waals surface area contributed by atoms with Crippen LogP contribution < -0.4 is 5.69 Å².